The highest BCUT2D eigenvalue weighted by Gasteiger charge is 2.32. The molecule has 2 rings (SSSR count). The molecule has 1 heterocycles. The van der Waals surface area contributed by atoms with Gasteiger partial charge in [0.2, 0.25) is 0 Å². The van der Waals surface area contributed by atoms with Crippen molar-refractivity contribution in [3.8, 4) is 0 Å². The molecule has 1 unspecified atom stereocenters. The third-order valence-corrected chi connectivity index (χ3v) is 2.91. The van der Waals surface area contributed by atoms with Crippen LogP contribution >= 0.6 is 0 Å². The number of fused-ring (bicyclic) bond motifs is 1. The third-order valence-electron chi connectivity index (χ3n) is 2.91. The zero-order valence-corrected chi connectivity index (χ0v) is 9.06. The van der Waals surface area contributed by atoms with Gasteiger partial charge in [-0.1, -0.05) is 25.1 Å². The lowest BCUT2D eigenvalue weighted by Gasteiger charge is -2.22. The molecule has 0 N–H and O–H groups in total. The average Bonchev–Trinajstić information content (AvgIpc) is 2.66. The van der Waals surface area contributed by atoms with Crippen LogP contribution in [0.2, 0.25) is 0 Å². The molecule has 1 aromatic carbocycles. The quantitative estimate of drug-likeness (QED) is 0.705. The number of rotatable bonds is 1. The molecule has 1 atom stereocenters. The van der Waals surface area contributed by atoms with Gasteiger partial charge in [-0.15, -0.1) is 0 Å². The third kappa shape index (κ3) is 1.58. The Labute approximate surface area is 89.7 Å². The maximum absolute atomic E-state index is 11.6. The van der Waals surface area contributed by atoms with Crippen molar-refractivity contribution in [2.24, 2.45) is 0 Å². The van der Waals surface area contributed by atoms with Crippen LogP contribution in [-0.4, -0.2) is 19.2 Å². The summed E-state index contributed by atoms with van der Waals surface area (Å²) < 4.78 is 4.81. The number of hydrogen-bond acceptors (Lipinski definition) is 2. The van der Waals surface area contributed by atoms with Gasteiger partial charge in [0.05, 0.1) is 12.8 Å². The van der Waals surface area contributed by atoms with E-state index in [1.54, 1.807) is 4.90 Å². The second kappa shape index (κ2) is 3.93. The number of amides is 1. The molecule has 0 aromatic heterocycles. The predicted octanol–water partition coefficient (Wildman–Crippen LogP) is 2.59. The van der Waals surface area contributed by atoms with Crippen molar-refractivity contribution in [2.75, 3.05) is 12.0 Å². The van der Waals surface area contributed by atoms with Gasteiger partial charge >= 0.3 is 6.09 Å². The van der Waals surface area contributed by atoms with Crippen LogP contribution in [0.25, 0.3) is 0 Å². The minimum absolute atomic E-state index is 0.245. The number of ether oxygens (including phenoxy) is 1. The predicted molar refractivity (Wildman–Crippen MR) is 59.1 cm³/mol. The minimum atomic E-state index is -0.258. The lowest BCUT2D eigenvalue weighted by atomic mass is 10.1. The Morgan fingerprint density at radius 2 is 2.27 bits per heavy atom. The second-order valence-corrected chi connectivity index (χ2v) is 3.73. The van der Waals surface area contributed by atoms with Gasteiger partial charge in [-0.3, -0.25) is 4.90 Å². The molecule has 1 amide bonds. The van der Waals surface area contributed by atoms with Gasteiger partial charge in [0.15, 0.2) is 0 Å². The molecule has 0 bridgehead atoms. The van der Waals surface area contributed by atoms with Crippen LogP contribution in [0.5, 0.6) is 0 Å². The van der Waals surface area contributed by atoms with Crippen molar-refractivity contribution in [1.29, 1.82) is 0 Å². The van der Waals surface area contributed by atoms with Crippen LogP contribution in [0.1, 0.15) is 18.9 Å². The Balaban J connectivity index is 2.38. The highest BCUT2D eigenvalue weighted by molar-refractivity contribution is 5.91. The summed E-state index contributed by atoms with van der Waals surface area (Å²) in [5.74, 6) is 0. The Morgan fingerprint density at radius 3 is 2.93 bits per heavy atom. The first kappa shape index (κ1) is 10.0. The number of carbonyl (C=O) groups excluding carboxylic acids is 1. The number of methoxy groups -OCH3 is 1. The first-order valence-corrected chi connectivity index (χ1v) is 5.23. The molecule has 0 spiro atoms. The summed E-state index contributed by atoms with van der Waals surface area (Å²) in [6.07, 6.45) is 1.62. The van der Waals surface area contributed by atoms with E-state index in [9.17, 15) is 4.79 Å². The summed E-state index contributed by atoms with van der Waals surface area (Å²) in [6, 6.07) is 8.25. The normalized spacial score (nSPS) is 18.8. The Bertz CT molecular complexity index is 376. The molecular weight excluding hydrogens is 190 g/mol. The maximum atomic E-state index is 11.6. The van der Waals surface area contributed by atoms with Gasteiger partial charge < -0.3 is 4.74 Å². The highest BCUT2D eigenvalue weighted by Crippen LogP contribution is 2.33. The lowest BCUT2D eigenvalue weighted by Crippen LogP contribution is -2.37. The summed E-state index contributed by atoms with van der Waals surface area (Å²) in [4.78, 5) is 13.4. The molecule has 0 fully saturated rings. The maximum Gasteiger partial charge on any atom is 0.414 e. The van der Waals surface area contributed by atoms with Crippen LogP contribution in [-0.2, 0) is 11.2 Å². The summed E-state index contributed by atoms with van der Waals surface area (Å²) in [6.45, 7) is 2.09. The molecule has 3 heteroatoms. The van der Waals surface area contributed by atoms with Crippen molar-refractivity contribution in [2.45, 2.75) is 25.8 Å². The van der Waals surface area contributed by atoms with Gasteiger partial charge in [0.1, 0.15) is 0 Å². The Morgan fingerprint density at radius 1 is 1.53 bits per heavy atom. The lowest BCUT2D eigenvalue weighted by molar-refractivity contribution is 0.176. The van der Waals surface area contributed by atoms with Crippen molar-refractivity contribution >= 4 is 11.8 Å². The minimum Gasteiger partial charge on any atom is -0.452 e. The Kier molecular flexibility index (Phi) is 2.62. The molecular formula is C12H15NO2. The number of carbonyl (C=O) groups is 1. The van der Waals surface area contributed by atoms with Crippen LogP contribution in [0, 0.1) is 0 Å². The molecule has 0 saturated heterocycles. The van der Waals surface area contributed by atoms with E-state index in [1.165, 1.54) is 12.7 Å². The van der Waals surface area contributed by atoms with E-state index in [1.807, 2.05) is 18.2 Å². The summed E-state index contributed by atoms with van der Waals surface area (Å²) in [7, 11) is 1.43. The molecule has 1 aliphatic heterocycles. The highest BCUT2D eigenvalue weighted by atomic mass is 16.5. The van der Waals surface area contributed by atoms with Gasteiger partial charge in [0, 0.05) is 6.04 Å². The summed E-state index contributed by atoms with van der Waals surface area (Å²) in [5.41, 5.74) is 2.23. The van der Waals surface area contributed by atoms with E-state index in [-0.39, 0.29) is 12.1 Å². The SMILES string of the molecule is CCC1Cc2ccccc2N1C(=O)OC. The molecule has 1 aliphatic rings. The first-order chi connectivity index (χ1) is 7.27. The van der Waals surface area contributed by atoms with Gasteiger partial charge in [-0.2, -0.15) is 0 Å². The van der Waals surface area contributed by atoms with Crippen molar-refractivity contribution in [1.82, 2.24) is 0 Å². The van der Waals surface area contributed by atoms with Crippen molar-refractivity contribution < 1.29 is 9.53 Å². The van der Waals surface area contributed by atoms with Crippen LogP contribution in [0.3, 0.4) is 0 Å². The zero-order valence-electron chi connectivity index (χ0n) is 9.06. The van der Waals surface area contributed by atoms with Gasteiger partial charge in [-0.05, 0) is 24.5 Å². The summed E-state index contributed by atoms with van der Waals surface area (Å²) >= 11 is 0. The summed E-state index contributed by atoms with van der Waals surface area (Å²) in [5, 5.41) is 0. The Hall–Kier alpha value is -1.51. The van der Waals surface area contributed by atoms with Crippen LogP contribution in [0.15, 0.2) is 24.3 Å². The first-order valence-electron chi connectivity index (χ1n) is 5.23. The fourth-order valence-electron chi connectivity index (χ4n) is 2.13. The fraction of sp³-hybridized carbons (Fsp3) is 0.417. The number of hydrogen-bond donors (Lipinski definition) is 0. The molecule has 3 nitrogen and oxygen atoms in total. The van der Waals surface area contributed by atoms with Crippen LogP contribution < -0.4 is 4.90 Å². The van der Waals surface area contributed by atoms with E-state index in [0.29, 0.717) is 0 Å². The smallest absolute Gasteiger partial charge is 0.414 e. The molecule has 80 valence electrons. The largest absolute Gasteiger partial charge is 0.452 e. The van der Waals surface area contributed by atoms with Crippen molar-refractivity contribution in [3.05, 3.63) is 29.8 Å². The topological polar surface area (TPSA) is 29.5 Å². The van der Waals surface area contributed by atoms with Gasteiger partial charge in [0.25, 0.3) is 0 Å². The van der Waals surface area contributed by atoms with E-state index < -0.39 is 0 Å². The van der Waals surface area contributed by atoms with E-state index in [4.69, 9.17) is 4.74 Å². The average molecular weight is 205 g/mol. The fourth-order valence-corrected chi connectivity index (χ4v) is 2.13. The molecule has 0 saturated carbocycles. The second-order valence-electron chi connectivity index (χ2n) is 3.73. The standard InChI is InChI=1S/C12H15NO2/c1-3-10-8-9-6-4-5-7-11(9)13(10)12(14)15-2/h4-7,10H,3,8H2,1-2H3. The molecule has 15 heavy (non-hydrogen) atoms. The monoisotopic (exact) mass is 205 g/mol. The van der Waals surface area contributed by atoms with E-state index in [2.05, 4.69) is 13.0 Å². The van der Waals surface area contributed by atoms with Crippen molar-refractivity contribution in [3.63, 3.8) is 0 Å². The molecule has 0 aliphatic carbocycles. The van der Waals surface area contributed by atoms with Crippen LogP contribution in [0.4, 0.5) is 10.5 Å². The molecule has 0 radical (unpaired) electrons. The number of nitrogens with zero attached hydrogens (tertiary/aromatic N) is 1. The number of anilines is 1. The number of para-hydroxylation sites is 1. The van der Waals surface area contributed by atoms with E-state index >= 15 is 0 Å². The molecule has 1 aromatic rings. The van der Waals surface area contributed by atoms with Gasteiger partial charge in [-0.25, -0.2) is 4.79 Å². The zero-order chi connectivity index (χ0) is 10.8. The number of benzene rings is 1. The van der Waals surface area contributed by atoms with E-state index in [0.717, 1.165) is 18.5 Å².